The van der Waals surface area contributed by atoms with Gasteiger partial charge in [-0.15, -0.1) is 13.2 Å². The molecule has 122 valence electrons. The van der Waals surface area contributed by atoms with Gasteiger partial charge in [-0.05, 0) is 31.4 Å². The molecule has 2 rings (SSSR count). The van der Waals surface area contributed by atoms with Crippen molar-refractivity contribution < 1.29 is 22.7 Å². The third-order valence-electron chi connectivity index (χ3n) is 3.44. The van der Waals surface area contributed by atoms with Crippen LogP contribution in [0.1, 0.15) is 18.4 Å². The molecule has 1 aliphatic carbocycles. The fourth-order valence-corrected chi connectivity index (χ4v) is 2.04. The van der Waals surface area contributed by atoms with Crippen molar-refractivity contribution in [1.82, 2.24) is 10.2 Å². The number of likely N-dealkylation sites (N-methyl/N-ethyl adjacent to an activating group) is 1. The third kappa shape index (κ3) is 5.55. The van der Waals surface area contributed by atoms with E-state index >= 15 is 0 Å². The van der Waals surface area contributed by atoms with E-state index < -0.39 is 6.36 Å². The number of hydrogen-bond donors (Lipinski definition) is 1. The number of benzene rings is 1. The Kier molecular flexibility index (Phi) is 5.28. The summed E-state index contributed by atoms with van der Waals surface area (Å²) in [4.78, 5) is 13.3. The summed E-state index contributed by atoms with van der Waals surface area (Å²) in [5, 5.41) is 3.06. The predicted octanol–water partition coefficient (Wildman–Crippen LogP) is 2.54. The molecule has 7 heteroatoms. The van der Waals surface area contributed by atoms with Crippen molar-refractivity contribution in [3.05, 3.63) is 29.8 Å². The minimum Gasteiger partial charge on any atom is -0.405 e. The van der Waals surface area contributed by atoms with Crippen LogP contribution < -0.4 is 10.1 Å². The first-order valence-corrected chi connectivity index (χ1v) is 7.13. The predicted molar refractivity (Wildman–Crippen MR) is 75.2 cm³/mol. The summed E-state index contributed by atoms with van der Waals surface area (Å²) in [6.45, 7) is 1.07. The minimum atomic E-state index is -4.75. The molecule has 0 aliphatic heterocycles. The highest BCUT2D eigenvalue weighted by atomic mass is 19.4. The van der Waals surface area contributed by atoms with Gasteiger partial charge in [-0.1, -0.05) is 18.2 Å². The summed E-state index contributed by atoms with van der Waals surface area (Å²) >= 11 is 0. The molecule has 22 heavy (non-hydrogen) atoms. The fourth-order valence-electron chi connectivity index (χ4n) is 2.04. The lowest BCUT2D eigenvalue weighted by Crippen LogP contribution is -2.36. The van der Waals surface area contributed by atoms with E-state index in [1.54, 1.807) is 13.1 Å². The normalized spacial score (nSPS) is 14.7. The van der Waals surface area contributed by atoms with Gasteiger partial charge in [0.1, 0.15) is 5.75 Å². The number of carbonyl (C=O) groups is 1. The van der Waals surface area contributed by atoms with Crippen LogP contribution in [0.4, 0.5) is 13.2 Å². The molecule has 1 N–H and O–H groups in total. The molecular weight excluding hydrogens is 297 g/mol. The molecule has 0 bridgehead atoms. The van der Waals surface area contributed by atoms with Crippen LogP contribution in [0.25, 0.3) is 0 Å². The third-order valence-corrected chi connectivity index (χ3v) is 3.44. The molecule has 4 nitrogen and oxygen atoms in total. The zero-order valence-corrected chi connectivity index (χ0v) is 12.3. The monoisotopic (exact) mass is 316 g/mol. The topological polar surface area (TPSA) is 41.6 Å². The summed E-state index contributed by atoms with van der Waals surface area (Å²) in [5.74, 6) is 0.224. The molecule has 0 saturated heterocycles. The average Bonchev–Trinajstić information content (AvgIpc) is 3.23. The largest absolute Gasteiger partial charge is 0.573 e. The van der Waals surface area contributed by atoms with Gasteiger partial charge in [-0.25, -0.2) is 0 Å². The summed E-state index contributed by atoms with van der Waals surface area (Å²) < 4.78 is 41.0. The molecule has 0 unspecified atom stereocenters. The van der Waals surface area contributed by atoms with Crippen molar-refractivity contribution in [2.75, 3.05) is 20.1 Å². The Balaban J connectivity index is 1.89. The molecule has 1 saturated carbocycles. The van der Waals surface area contributed by atoms with Crippen molar-refractivity contribution in [3.63, 3.8) is 0 Å². The van der Waals surface area contributed by atoms with Crippen molar-refractivity contribution >= 4 is 5.91 Å². The van der Waals surface area contributed by atoms with Gasteiger partial charge in [0.15, 0.2) is 0 Å². The Morgan fingerprint density at radius 1 is 1.36 bits per heavy atom. The van der Waals surface area contributed by atoms with E-state index in [0.29, 0.717) is 11.5 Å². The number of para-hydroxylation sites is 1. The van der Waals surface area contributed by atoms with Gasteiger partial charge in [0, 0.05) is 19.2 Å². The van der Waals surface area contributed by atoms with E-state index in [1.807, 2.05) is 0 Å². The summed E-state index contributed by atoms with van der Waals surface area (Å²) in [6, 6.07) is 5.83. The summed E-state index contributed by atoms with van der Waals surface area (Å²) in [6.07, 6.45) is -2.36. The molecule has 0 spiro atoms. The lowest BCUT2D eigenvalue weighted by atomic mass is 10.2. The standard InChI is InChI=1S/C15H19F3N2O2/c1-20(14(21)9-19-8-11-6-7-11)10-12-4-2-3-5-13(12)22-15(16,17)18/h2-5,11,19H,6-10H2,1H3. The Hall–Kier alpha value is -1.76. The highest BCUT2D eigenvalue weighted by molar-refractivity contribution is 5.78. The van der Waals surface area contributed by atoms with Crippen LogP contribution in [0.2, 0.25) is 0 Å². The first-order chi connectivity index (χ1) is 10.3. The van der Waals surface area contributed by atoms with E-state index in [4.69, 9.17) is 0 Å². The molecule has 1 aromatic carbocycles. The van der Waals surface area contributed by atoms with Crippen molar-refractivity contribution in [2.24, 2.45) is 5.92 Å². The maximum absolute atomic E-state index is 12.4. The van der Waals surface area contributed by atoms with Gasteiger partial charge in [-0.2, -0.15) is 0 Å². The van der Waals surface area contributed by atoms with Crippen LogP contribution in [0.15, 0.2) is 24.3 Å². The zero-order valence-electron chi connectivity index (χ0n) is 12.3. The molecule has 1 fully saturated rings. The van der Waals surface area contributed by atoms with Crippen LogP contribution >= 0.6 is 0 Å². The van der Waals surface area contributed by atoms with Gasteiger partial charge in [0.25, 0.3) is 0 Å². The summed E-state index contributed by atoms with van der Waals surface area (Å²) in [7, 11) is 1.56. The Labute approximate surface area is 127 Å². The van der Waals surface area contributed by atoms with E-state index in [0.717, 1.165) is 6.54 Å². The number of hydrogen-bond acceptors (Lipinski definition) is 3. The van der Waals surface area contributed by atoms with Crippen LogP contribution in [-0.4, -0.2) is 37.3 Å². The fraction of sp³-hybridized carbons (Fsp3) is 0.533. The highest BCUT2D eigenvalue weighted by Gasteiger charge is 2.32. The SMILES string of the molecule is CN(Cc1ccccc1OC(F)(F)F)C(=O)CNCC1CC1. The van der Waals surface area contributed by atoms with E-state index in [2.05, 4.69) is 10.1 Å². The van der Waals surface area contributed by atoms with Gasteiger partial charge < -0.3 is 15.0 Å². The lowest BCUT2D eigenvalue weighted by molar-refractivity contribution is -0.275. The van der Waals surface area contributed by atoms with Crippen LogP contribution in [-0.2, 0) is 11.3 Å². The molecular formula is C15H19F3N2O2. The number of amides is 1. The van der Waals surface area contributed by atoms with Crippen LogP contribution in [0.5, 0.6) is 5.75 Å². The average molecular weight is 316 g/mol. The number of nitrogens with one attached hydrogen (secondary N) is 1. The maximum atomic E-state index is 12.4. The zero-order chi connectivity index (χ0) is 16.2. The number of ether oxygens (including phenoxy) is 1. The molecule has 0 heterocycles. The maximum Gasteiger partial charge on any atom is 0.573 e. The summed E-state index contributed by atoms with van der Waals surface area (Å²) in [5.41, 5.74) is 0.317. The van der Waals surface area contributed by atoms with Gasteiger partial charge in [-0.3, -0.25) is 4.79 Å². The van der Waals surface area contributed by atoms with Gasteiger partial charge >= 0.3 is 6.36 Å². The second kappa shape index (κ2) is 7.00. The quantitative estimate of drug-likeness (QED) is 0.840. The number of alkyl halides is 3. The minimum absolute atomic E-state index is 0.0657. The second-order valence-corrected chi connectivity index (χ2v) is 5.48. The van der Waals surface area contributed by atoms with E-state index in [9.17, 15) is 18.0 Å². The number of nitrogens with zero attached hydrogens (tertiary/aromatic N) is 1. The van der Waals surface area contributed by atoms with Crippen molar-refractivity contribution in [3.8, 4) is 5.75 Å². The molecule has 0 radical (unpaired) electrons. The van der Waals surface area contributed by atoms with E-state index in [-0.39, 0.29) is 24.7 Å². The molecule has 1 amide bonds. The number of rotatable bonds is 7. The van der Waals surface area contributed by atoms with Gasteiger partial charge in [0.05, 0.1) is 6.54 Å². The first-order valence-electron chi connectivity index (χ1n) is 7.13. The van der Waals surface area contributed by atoms with Gasteiger partial charge in [0.2, 0.25) is 5.91 Å². The van der Waals surface area contributed by atoms with Crippen molar-refractivity contribution in [2.45, 2.75) is 25.7 Å². The first kappa shape index (κ1) is 16.6. The number of halogens is 3. The molecule has 0 aromatic heterocycles. The Morgan fingerprint density at radius 3 is 2.68 bits per heavy atom. The van der Waals surface area contributed by atoms with Crippen LogP contribution in [0.3, 0.4) is 0 Å². The smallest absolute Gasteiger partial charge is 0.405 e. The lowest BCUT2D eigenvalue weighted by Gasteiger charge is -2.20. The number of carbonyl (C=O) groups excluding carboxylic acids is 1. The molecule has 1 aromatic rings. The Bertz CT molecular complexity index is 516. The van der Waals surface area contributed by atoms with E-state index in [1.165, 1.54) is 35.9 Å². The Morgan fingerprint density at radius 2 is 2.05 bits per heavy atom. The molecule has 0 atom stereocenters. The van der Waals surface area contributed by atoms with Crippen LogP contribution in [0, 0.1) is 5.92 Å². The highest BCUT2D eigenvalue weighted by Crippen LogP contribution is 2.28. The second-order valence-electron chi connectivity index (χ2n) is 5.48. The van der Waals surface area contributed by atoms with Crippen molar-refractivity contribution in [1.29, 1.82) is 0 Å². The molecule has 1 aliphatic rings.